The van der Waals surface area contributed by atoms with Crippen molar-refractivity contribution in [3.8, 4) is 11.1 Å². The molecule has 0 spiro atoms. The summed E-state index contributed by atoms with van der Waals surface area (Å²) in [5.41, 5.74) is 4.69. The molecule has 0 fully saturated rings. The molecule has 0 atom stereocenters. The molecule has 1 aliphatic rings. The van der Waals surface area contributed by atoms with Crippen molar-refractivity contribution in [2.45, 2.75) is 5.92 Å². The molecular formula is C26H20Cl2N2O5. The number of carbonyl (C=O) groups is 3. The van der Waals surface area contributed by atoms with Crippen LogP contribution in [0.3, 0.4) is 0 Å². The van der Waals surface area contributed by atoms with Crippen molar-refractivity contribution in [3.05, 3.63) is 99.6 Å². The topological polar surface area (TPSA) is 105 Å². The average Bonchev–Trinajstić information content (AvgIpc) is 3.16. The fraction of sp³-hybridized carbons (Fsp3) is 0.115. The van der Waals surface area contributed by atoms with Crippen molar-refractivity contribution in [3.63, 3.8) is 0 Å². The lowest BCUT2D eigenvalue weighted by atomic mass is 9.98. The predicted molar refractivity (Wildman–Crippen MR) is 134 cm³/mol. The summed E-state index contributed by atoms with van der Waals surface area (Å²) in [4.78, 5) is 35.3. The van der Waals surface area contributed by atoms with E-state index in [1.165, 1.54) is 18.2 Å². The van der Waals surface area contributed by atoms with Gasteiger partial charge in [-0.2, -0.15) is 0 Å². The zero-order chi connectivity index (χ0) is 24.9. The Labute approximate surface area is 211 Å². The number of fused-ring (bicyclic) bond motifs is 3. The quantitative estimate of drug-likeness (QED) is 0.352. The van der Waals surface area contributed by atoms with Gasteiger partial charge in [0.15, 0.2) is 0 Å². The number of nitrogens with one attached hydrogen (secondary N) is 2. The predicted octanol–water partition coefficient (Wildman–Crippen LogP) is 5.73. The van der Waals surface area contributed by atoms with Crippen LogP contribution in [0.2, 0.25) is 10.0 Å². The van der Waals surface area contributed by atoms with Crippen molar-refractivity contribution < 1.29 is 24.2 Å². The van der Waals surface area contributed by atoms with Crippen LogP contribution in [-0.4, -0.2) is 36.2 Å². The van der Waals surface area contributed by atoms with E-state index in [0.717, 1.165) is 28.3 Å². The van der Waals surface area contributed by atoms with Crippen molar-refractivity contribution in [2.75, 3.05) is 18.5 Å². The maximum Gasteiger partial charge on any atom is 0.411 e. The number of carboxylic acids is 1. The molecule has 35 heavy (non-hydrogen) atoms. The van der Waals surface area contributed by atoms with E-state index in [-0.39, 0.29) is 40.4 Å². The molecule has 1 aliphatic carbocycles. The van der Waals surface area contributed by atoms with Gasteiger partial charge in [0.2, 0.25) is 0 Å². The van der Waals surface area contributed by atoms with E-state index in [1.54, 1.807) is 0 Å². The number of benzene rings is 3. The molecule has 9 heteroatoms. The molecule has 2 amide bonds. The monoisotopic (exact) mass is 510 g/mol. The van der Waals surface area contributed by atoms with Gasteiger partial charge in [-0.25, -0.2) is 9.59 Å². The molecular weight excluding hydrogens is 491 g/mol. The summed E-state index contributed by atoms with van der Waals surface area (Å²) in [5, 5.41) is 13.8. The Kier molecular flexibility index (Phi) is 7.39. The SMILES string of the molecule is O=C(O)/C=C/CNC(=O)c1cc(Cl)c(NC(=O)OCC2c3ccccc3-c3ccccc32)c(Cl)c1. The number of rotatable bonds is 7. The summed E-state index contributed by atoms with van der Waals surface area (Å²) >= 11 is 12.5. The highest BCUT2D eigenvalue weighted by Gasteiger charge is 2.29. The van der Waals surface area contributed by atoms with Crippen molar-refractivity contribution in [1.29, 1.82) is 0 Å². The summed E-state index contributed by atoms with van der Waals surface area (Å²) in [6, 6.07) is 18.7. The molecule has 4 rings (SSSR count). The molecule has 3 N–H and O–H groups in total. The third-order valence-electron chi connectivity index (χ3n) is 5.52. The fourth-order valence-electron chi connectivity index (χ4n) is 3.97. The number of carbonyl (C=O) groups excluding carboxylic acids is 2. The van der Waals surface area contributed by atoms with Gasteiger partial charge in [0.25, 0.3) is 5.91 Å². The standard InChI is InChI=1S/C26H20Cl2N2O5/c27-21-12-15(25(33)29-11-5-10-23(31)32)13-22(28)24(21)30-26(34)35-14-20-18-8-3-1-6-16(18)17-7-2-4-9-19(17)20/h1-10,12-13,20H,11,14H2,(H,29,33)(H,30,34)(H,31,32)/b10-5+. The number of anilines is 1. The molecule has 0 radical (unpaired) electrons. The van der Waals surface area contributed by atoms with Gasteiger partial charge in [0.05, 0.1) is 15.7 Å². The van der Waals surface area contributed by atoms with E-state index in [1.807, 2.05) is 48.5 Å². The van der Waals surface area contributed by atoms with Crippen LogP contribution in [-0.2, 0) is 9.53 Å². The normalized spacial score (nSPS) is 12.2. The van der Waals surface area contributed by atoms with Crippen LogP contribution in [0.1, 0.15) is 27.4 Å². The first-order valence-electron chi connectivity index (χ1n) is 10.6. The van der Waals surface area contributed by atoms with Crippen LogP contribution in [0.5, 0.6) is 0 Å². The maximum atomic E-state index is 12.6. The third kappa shape index (κ3) is 5.48. The minimum atomic E-state index is -1.12. The van der Waals surface area contributed by atoms with Crippen molar-refractivity contribution in [2.24, 2.45) is 0 Å². The second-order valence-electron chi connectivity index (χ2n) is 7.72. The molecule has 0 saturated heterocycles. The third-order valence-corrected chi connectivity index (χ3v) is 6.11. The average molecular weight is 511 g/mol. The van der Waals surface area contributed by atoms with Gasteiger partial charge in [-0.1, -0.05) is 77.8 Å². The van der Waals surface area contributed by atoms with Gasteiger partial charge in [-0.05, 0) is 34.4 Å². The molecule has 0 unspecified atom stereocenters. The number of ether oxygens (including phenoxy) is 1. The maximum absolute atomic E-state index is 12.6. The molecule has 0 aromatic heterocycles. The highest BCUT2D eigenvalue weighted by atomic mass is 35.5. The second-order valence-corrected chi connectivity index (χ2v) is 8.53. The fourth-order valence-corrected chi connectivity index (χ4v) is 4.56. The molecule has 3 aromatic rings. The van der Waals surface area contributed by atoms with Gasteiger partial charge in [-0.15, -0.1) is 0 Å². The zero-order valence-electron chi connectivity index (χ0n) is 18.3. The summed E-state index contributed by atoms with van der Waals surface area (Å²) < 4.78 is 5.51. The highest BCUT2D eigenvalue weighted by molar-refractivity contribution is 6.40. The number of carboxylic acid groups (broad SMARTS) is 1. The van der Waals surface area contributed by atoms with E-state index in [4.69, 9.17) is 33.0 Å². The summed E-state index contributed by atoms with van der Waals surface area (Å²) in [6.07, 6.45) is 1.48. The Morgan fingerprint density at radius 2 is 1.51 bits per heavy atom. The molecule has 0 bridgehead atoms. The van der Waals surface area contributed by atoms with Gasteiger partial charge in [-0.3, -0.25) is 10.1 Å². The Balaban J connectivity index is 1.41. The summed E-state index contributed by atoms with van der Waals surface area (Å²) in [5.74, 6) is -1.72. The molecule has 0 saturated carbocycles. The molecule has 178 valence electrons. The highest BCUT2D eigenvalue weighted by Crippen LogP contribution is 2.44. The number of halogens is 2. The van der Waals surface area contributed by atoms with Crippen LogP contribution >= 0.6 is 23.2 Å². The number of hydrogen-bond donors (Lipinski definition) is 3. The van der Waals surface area contributed by atoms with Crippen LogP contribution < -0.4 is 10.6 Å². The van der Waals surface area contributed by atoms with Crippen molar-refractivity contribution in [1.82, 2.24) is 5.32 Å². The van der Waals surface area contributed by atoms with Crippen molar-refractivity contribution >= 4 is 46.9 Å². The van der Waals surface area contributed by atoms with Crippen LogP contribution in [0.15, 0.2) is 72.8 Å². The molecule has 0 aliphatic heterocycles. The minimum Gasteiger partial charge on any atom is -0.478 e. The van der Waals surface area contributed by atoms with Crippen LogP contribution in [0.25, 0.3) is 11.1 Å². The minimum absolute atomic E-state index is 0.0140. The Morgan fingerprint density at radius 1 is 0.943 bits per heavy atom. The smallest absolute Gasteiger partial charge is 0.411 e. The Hall–Kier alpha value is -3.81. The largest absolute Gasteiger partial charge is 0.478 e. The number of aliphatic carboxylic acids is 1. The zero-order valence-corrected chi connectivity index (χ0v) is 19.8. The van der Waals surface area contributed by atoms with Gasteiger partial charge in [0.1, 0.15) is 6.61 Å². The number of hydrogen-bond acceptors (Lipinski definition) is 4. The van der Waals surface area contributed by atoms with E-state index in [2.05, 4.69) is 10.6 Å². The van der Waals surface area contributed by atoms with E-state index < -0.39 is 18.0 Å². The lowest BCUT2D eigenvalue weighted by Gasteiger charge is -2.16. The Morgan fingerprint density at radius 3 is 2.09 bits per heavy atom. The summed E-state index contributed by atoms with van der Waals surface area (Å²) in [7, 11) is 0. The molecule has 0 heterocycles. The van der Waals surface area contributed by atoms with Gasteiger partial charge >= 0.3 is 12.1 Å². The summed E-state index contributed by atoms with van der Waals surface area (Å²) in [6.45, 7) is 0.138. The van der Waals surface area contributed by atoms with E-state index in [9.17, 15) is 14.4 Å². The second kappa shape index (κ2) is 10.6. The van der Waals surface area contributed by atoms with E-state index in [0.29, 0.717) is 0 Å². The van der Waals surface area contributed by atoms with Gasteiger partial charge in [0, 0.05) is 24.1 Å². The first kappa shape index (κ1) is 24.3. The Bertz CT molecular complexity index is 1270. The first-order chi connectivity index (χ1) is 16.8. The number of amides is 2. The molecule has 3 aromatic carbocycles. The van der Waals surface area contributed by atoms with Gasteiger partial charge < -0.3 is 15.2 Å². The first-order valence-corrected chi connectivity index (χ1v) is 11.4. The lowest BCUT2D eigenvalue weighted by molar-refractivity contribution is -0.131. The lowest BCUT2D eigenvalue weighted by Crippen LogP contribution is -2.23. The van der Waals surface area contributed by atoms with Crippen LogP contribution in [0.4, 0.5) is 10.5 Å². The van der Waals surface area contributed by atoms with Crippen LogP contribution in [0, 0.1) is 0 Å². The van der Waals surface area contributed by atoms with E-state index >= 15 is 0 Å². The molecule has 7 nitrogen and oxygen atoms in total.